The van der Waals surface area contributed by atoms with Crippen molar-refractivity contribution in [3.05, 3.63) is 20.8 Å². The molecule has 1 heterocycles. The van der Waals surface area contributed by atoms with Gasteiger partial charge in [0.15, 0.2) is 0 Å². The first-order valence-electron chi connectivity index (χ1n) is 4.85. The molecule has 0 aromatic carbocycles. The summed E-state index contributed by atoms with van der Waals surface area (Å²) in [5, 5.41) is 7.64. The highest BCUT2D eigenvalue weighted by Gasteiger charge is 2.02. The molecular formula is C10H15BrN2OS. The molecule has 5 heteroatoms. The lowest BCUT2D eigenvalue weighted by Gasteiger charge is -2.09. The highest BCUT2D eigenvalue weighted by Crippen LogP contribution is 2.19. The molecule has 0 saturated carbocycles. The lowest BCUT2D eigenvalue weighted by atomic mass is 10.3. The highest BCUT2D eigenvalue weighted by atomic mass is 79.9. The second kappa shape index (κ2) is 6.12. The average molecular weight is 291 g/mol. The summed E-state index contributed by atoms with van der Waals surface area (Å²) in [6, 6.07) is 2.16. The monoisotopic (exact) mass is 290 g/mol. The molecule has 2 N–H and O–H groups in total. The number of rotatable bonds is 4. The molecule has 0 aliphatic heterocycles. The minimum absolute atomic E-state index is 0.0966. The Morgan fingerprint density at radius 3 is 2.87 bits per heavy atom. The van der Waals surface area contributed by atoms with Crippen molar-refractivity contribution in [3.8, 4) is 0 Å². The molecule has 0 saturated heterocycles. The molecule has 15 heavy (non-hydrogen) atoms. The van der Waals surface area contributed by atoms with Crippen molar-refractivity contribution in [1.29, 1.82) is 0 Å². The Kier molecular flexibility index (Phi) is 5.11. The summed E-state index contributed by atoms with van der Waals surface area (Å²) < 4.78 is 1.11. The van der Waals surface area contributed by atoms with Crippen molar-refractivity contribution < 1.29 is 4.79 Å². The molecule has 2 amide bonds. The number of amides is 2. The van der Waals surface area contributed by atoms with Gasteiger partial charge in [0.25, 0.3) is 0 Å². The van der Waals surface area contributed by atoms with E-state index in [-0.39, 0.29) is 12.1 Å². The maximum atomic E-state index is 11.2. The van der Waals surface area contributed by atoms with Crippen LogP contribution in [0.5, 0.6) is 0 Å². The zero-order valence-corrected chi connectivity index (χ0v) is 11.2. The van der Waals surface area contributed by atoms with Gasteiger partial charge in [-0.15, -0.1) is 11.3 Å². The summed E-state index contributed by atoms with van der Waals surface area (Å²) >= 11 is 5.09. The van der Waals surface area contributed by atoms with Crippen molar-refractivity contribution in [3.63, 3.8) is 0 Å². The van der Waals surface area contributed by atoms with Gasteiger partial charge in [0.1, 0.15) is 0 Å². The van der Waals surface area contributed by atoms with Crippen LogP contribution in [0.4, 0.5) is 4.79 Å². The second-order valence-corrected chi connectivity index (χ2v) is 5.45. The fraction of sp³-hybridized carbons (Fsp3) is 0.500. The maximum Gasteiger partial charge on any atom is 0.314 e. The number of urea groups is 1. The molecule has 1 aromatic heterocycles. The van der Waals surface area contributed by atoms with E-state index in [9.17, 15) is 4.79 Å². The predicted octanol–water partition coefficient (Wildman–Crippen LogP) is 2.76. The van der Waals surface area contributed by atoms with Crippen molar-refractivity contribution in [1.82, 2.24) is 10.6 Å². The minimum Gasteiger partial charge on any atom is -0.338 e. The largest absolute Gasteiger partial charge is 0.338 e. The summed E-state index contributed by atoms with van der Waals surface area (Å²) in [5.41, 5.74) is 0. The number of nitrogens with one attached hydrogen (secondary N) is 2. The van der Waals surface area contributed by atoms with E-state index < -0.39 is 0 Å². The Morgan fingerprint density at radius 1 is 1.60 bits per heavy atom. The maximum absolute atomic E-state index is 11.2. The van der Waals surface area contributed by atoms with Crippen molar-refractivity contribution >= 4 is 33.3 Å². The number of thiophene rings is 1. The van der Waals surface area contributed by atoms with Gasteiger partial charge in [-0.2, -0.15) is 0 Å². The summed E-state index contributed by atoms with van der Waals surface area (Å²) in [7, 11) is 0. The van der Waals surface area contributed by atoms with Crippen LogP contribution in [-0.2, 0) is 6.42 Å². The summed E-state index contributed by atoms with van der Waals surface area (Å²) in [5.74, 6) is 0. The zero-order valence-electron chi connectivity index (χ0n) is 8.84. The fourth-order valence-electron chi connectivity index (χ4n) is 1.10. The smallest absolute Gasteiger partial charge is 0.314 e. The first kappa shape index (κ1) is 12.5. The summed E-state index contributed by atoms with van der Waals surface area (Å²) in [6.45, 7) is 4.55. The first-order valence-corrected chi connectivity index (χ1v) is 6.52. The van der Waals surface area contributed by atoms with Crippen LogP contribution in [0.15, 0.2) is 15.9 Å². The molecule has 0 aliphatic carbocycles. The van der Waals surface area contributed by atoms with Gasteiger partial charge < -0.3 is 10.6 Å². The molecule has 0 atom stereocenters. The molecule has 1 rings (SSSR count). The van der Waals surface area contributed by atoms with Gasteiger partial charge >= 0.3 is 6.03 Å². The molecule has 0 aliphatic rings. The fourth-order valence-corrected chi connectivity index (χ4v) is 2.55. The minimum atomic E-state index is -0.0966. The lowest BCUT2D eigenvalue weighted by molar-refractivity contribution is 0.238. The molecule has 0 spiro atoms. The van der Waals surface area contributed by atoms with Gasteiger partial charge in [-0.1, -0.05) is 0 Å². The van der Waals surface area contributed by atoms with E-state index in [1.165, 1.54) is 4.88 Å². The molecule has 3 nitrogen and oxygen atoms in total. The number of carbonyl (C=O) groups is 1. The van der Waals surface area contributed by atoms with Crippen molar-refractivity contribution in [2.75, 3.05) is 6.54 Å². The van der Waals surface area contributed by atoms with E-state index >= 15 is 0 Å². The quantitative estimate of drug-likeness (QED) is 0.880. The molecule has 0 radical (unpaired) electrons. The topological polar surface area (TPSA) is 41.1 Å². The molecule has 0 unspecified atom stereocenters. The first-order chi connectivity index (χ1) is 7.08. The second-order valence-electron chi connectivity index (χ2n) is 3.54. The van der Waals surface area contributed by atoms with Crippen LogP contribution in [0.3, 0.4) is 0 Å². The Labute approximate surface area is 102 Å². The van der Waals surface area contributed by atoms with Crippen molar-refractivity contribution in [2.24, 2.45) is 0 Å². The van der Waals surface area contributed by atoms with Gasteiger partial charge in [-0.05, 0) is 42.3 Å². The zero-order chi connectivity index (χ0) is 11.3. The van der Waals surface area contributed by atoms with Crippen LogP contribution >= 0.6 is 27.3 Å². The van der Waals surface area contributed by atoms with Crippen molar-refractivity contribution in [2.45, 2.75) is 26.3 Å². The number of hydrogen-bond acceptors (Lipinski definition) is 2. The average Bonchev–Trinajstić information content (AvgIpc) is 2.50. The van der Waals surface area contributed by atoms with Gasteiger partial charge in [0.2, 0.25) is 0 Å². The Bertz CT molecular complexity index is 325. The van der Waals surface area contributed by atoms with Crippen LogP contribution in [0.1, 0.15) is 18.7 Å². The molecule has 84 valence electrons. The van der Waals surface area contributed by atoms with E-state index in [1.54, 1.807) is 11.3 Å². The predicted molar refractivity (Wildman–Crippen MR) is 67.4 cm³/mol. The molecule has 0 fully saturated rings. The van der Waals surface area contributed by atoms with E-state index in [0.29, 0.717) is 6.54 Å². The third kappa shape index (κ3) is 5.18. The van der Waals surface area contributed by atoms with E-state index in [4.69, 9.17) is 0 Å². The SMILES string of the molecule is CC(C)NC(=O)NCCc1cc(Br)cs1. The Morgan fingerprint density at radius 2 is 2.33 bits per heavy atom. The third-order valence-corrected chi connectivity index (χ3v) is 3.46. The van der Waals surface area contributed by atoms with Gasteiger partial charge in [0, 0.05) is 27.3 Å². The summed E-state index contributed by atoms with van der Waals surface area (Å²) in [6.07, 6.45) is 0.877. The Hall–Kier alpha value is -0.550. The van der Waals surface area contributed by atoms with Gasteiger partial charge in [-0.3, -0.25) is 0 Å². The van der Waals surface area contributed by atoms with Crippen LogP contribution < -0.4 is 10.6 Å². The number of carbonyl (C=O) groups excluding carboxylic acids is 1. The van der Waals surface area contributed by atoms with Gasteiger partial charge in [0.05, 0.1) is 0 Å². The standard InChI is InChI=1S/C10H15BrN2OS/c1-7(2)13-10(14)12-4-3-9-5-8(11)6-15-9/h5-7H,3-4H2,1-2H3,(H2,12,13,14). The van der Waals surface area contributed by atoms with E-state index in [2.05, 4.69) is 32.6 Å². The lowest BCUT2D eigenvalue weighted by Crippen LogP contribution is -2.40. The highest BCUT2D eigenvalue weighted by molar-refractivity contribution is 9.10. The number of hydrogen-bond donors (Lipinski definition) is 2. The number of halogens is 1. The van der Waals surface area contributed by atoms with E-state index in [0.717, 1.165) is 10.9 Å². The van der Waals surface area contributed by atoms with Gasteiger partial charge in [-0.25, -0.2) is 4.79 Å². The molecule has 1 aromatic rings. The van der Waals surface area contributed by atoms with Crippen LogP contribution in [0, 0.1) is 0 Å². The summed E-state index contributed by atoms with van der Waals surface area (Å²) in [4.78, 5) is 12.5. The normalized spacial score (nSPS) is 10.4. The van der Waals surface area contributed by atoms with E-state index in [1.807, 2.05) is 19.2 Å². The third-order valence-electron chi connectivity index (χ3n) is 1.70. The molecular weight excluding hydrogens is 276 g/mol. The van der Waals surface area contributed by atoms with Crippen LogP contribution in [0.2, 0.25) is 0 Å². The van der Waals surface area contributed by atoms with Crippen LogP contribution in [0.25, 0.3) is 0 Å². The molecule has 0 bridgehead atoms. The van der Waals surface area contributed by atoms with Crippen LogP contribution in [-0.4, -0.2) is 18.6 Å². The Balaban J connectivity index is 2.19.